The Morgan fingerprint density at radius 3 is 2.16 bits per heavy atom. The van der Waals surface area contributed by atoms with Gasteiger partial charge in [-0.3, -0.25) is 14.4 Å². The third-order valence-corrected chi connectivity index (χ3v) is 5.31. The minimum Gasteiger partial charge on any atom is -0.481 e. The summed E-state index contributed by atoms with van der Waals surface area (Å²) in [6.45, 7) is 5.98. The van der Waals surface area contributed by atoms with E-state index in [9.17, 15) is 19.5 Å². The molecule has 0 spiro atoms. The van der Waals surface area contributed by atoms with Gasteiger partial charge in [0.25, 0.3) is 0 Å². The van der Waals surface area contributed by atoms with E-state index in [0.717, 1.165) is 11.1 Å². The number of carboxylic acids is 1. The minimum absolute atomic E-state index is 0.0974. The molecule has 2 atom stereocenters. The molecule has 2 aromatic rings. The van der Waals surface area contributed by atoms with Gasteiger partial charge in [-0.15, -0.1) is 0 Å². The maximum Gasteiger partial charge on any atom is 0.307 e. The van der Waals surface area contributed by atoms with Crippen LogP contribution in [-0.2, 0) is 27.2 Å². The number of aliphatic carboxylic acids is 1. The molecule has 166 valence electrons. The molecule has 0 aliphatic carbocycles. The molecule has 0 aromatic heterocycles. The van der Waals surface area contributed by atoms with Gasteiger partial charge in [-0.25, -0.2) is 0 Å². The van der Waals surface area contributed by atoms with E-state index in [-0.39, 0.29) is 36.9 Å². The molecule has 0 saturated carbocycles. The molecule has 5 nitrogen and oxygen atoms in total. The van der Waals surface area contributed by atoms with Gasteiger partial charge >= 0.3 is 5.97 Å². The number of ketones is 1. The Bertz CT molecular complexity index is 859. The second-order valence-electron chi connectivity index (χ2n) is 8.63. The second-order valence-corrected chi connectivity index (χ2v) is 8.63. The van der Waals surface area contributed by atoms with Crippen LogP contribution in [0.1, 0.15) is 49.8 Å². The average molecular weight is 424 g/mol. The van der Waals surface area contributed by atoms with Crippen LogP contribution in [-0.4, -0.2) is 28.8 Å². The minimum atomic E-state index is -0.994. The summed E-state index contributed by atoms with van der Waals surface area (Å²) in [5, 5.41) is 12.5. The first-order valence-electron chi connectivity index (χ1n) is 10.9. The van der Waals surface area contributed by atoms with Gasteiger partial charge in [0, 0.05) is 12.8 Å². The van der Waals surface area contributed by atoms with Gasteiger partial charge in [-0.1, -0.05) is 74.0 Å². The molecule has 5 heteroatoms. The van der Waals surface area contributed by atoms with E-state index in [0.29, 0.717) is 12.8 Å². The van der Waals surface area contributed by atoms with Crippen molar-refractivity contribution in [2.45, 2.75) is 58.9 Å². The quantitative estimate of drug-likeness (QED) is 0.531. The Kier molecular flexibility index (Phi) is 9.44. The van der Waals surface area contributed by atoms with Crippen LogP contribution in [0.3, 0.4) is 0 Å². The first kappa shape index (κ1) is 24.3. The van der Waals surface area contributed by atoms with Crippen LogP contribution in [0, 0.1) is 18.8 Å². The number of hydrogen-bond acceptors (Lipinski definition) is 3. The van der Waals surface area contributed by atoms with Crippen molar-refractivity contribution in [2.24, 2.45) is 11.8 Å². The van der Waals surface area contributed by atoms with E-state index >= 15 is 0 Å². The molecule has 2 rings (SSSR count). The lowest BCUT2D eigenvalue weighted by Crippen LogP contribution is -2.43. The standard InChI is InChI=1S/C26H33NO4/c1-18(2)15-23(27-25(29)14-13-20-11-9-19(3)10-12-20)24(28)17-22(26(30)31)16-21-7-5-4-6-8-21/h4-12,18,22-23H,13-17H2,1-3H3,(H,27,29)(H,30,31)/t22-,23+/m1/s1. The molecule has 0 saturated heterocycles. The summed E-state index contributed by atoms with van der Waals surface area (Å²) in [7, 11) is 0. The molecular weight excluding hydrogens is 390 g/mol. The van der Waals surface area contributed by atoms with Gasteiger partial charge in [0.15, 0.2) is 5.78 Å². The SMILES string of the molecule is Cc1ccc(CCC(=O)N[C@@H](CC(C)C)C(=O)C[C@@H](Cc2ccccc2)C(=O)O)cc1. The van der Waals surface area contributed by atoms with Gasteiger partial charge in [-0.05, 0) is 43.2 Å². The molecule has 31 heavy (non-hydrogen) atoms. The van der Waals surface area contributed by atoms with Crippen molar-refractivity contribution in [1.29, 1.82) is 0 Å². The van der Waals surface area contributed by atoms with Crippen molar-refractivity contribution in [1.82, 2.24) is 5.32 Å². The topological polar surface area (TPSA) is 83.5 Å². The normalized spacial score (nSPS) is 12.9. The van der Waals surface area contributed by atoms with Crippen LogP contribution in [0.25, 0.3) is 0 Å². The predicted octanol–water partition coefficient (Wildman–Crippen LogP) is 4.36. The summed E-state index contributed by atoms with van der Waals surface area (Å²) in [4.78, 5) is 37.2. The summed E-state index contributed by atoms with van der Waals surface area (Å²) in [6.07, 6.45) is 1.57. The average Bonchev–Trinajstić information content (AvgIpc) is 2.72. The number of aryl methyl sites for hydroxylation is 2. The Morgan fingerprint density at radius 1 is 0.935 bits per heavy atom. The fourth-order valence-electron chi connectivity index (χ4n) is 3.55. The molecule has 0 fully saturated rings. The maximum atomic E-state index is 13.0. The van der Waals surface area contributed by atoms with Crippen molar-refractivity contribution in [2.75, 3.05) is 0 Å². The number of hydrogen-bond donors (Lipinski definition) is 2. The van der Waals surface area contributed by atoms with E-state index < -0.39 is 17.9 Å². The molecule has 0 aliphatic rings. The summed E-state index contributed by atoms with van der Waals surface area (Å²) < 4.78 is 0. The van der Waals surface area contributed by atoms with Crippen LogP contribution in [0.2, 0.25) is 0 Å². The van der Waals surface area contributed by atoms with E-state index in [1.54, 1.807) is 0 Å². The maximum absolute atomic E-state index is 13.0. The van der Waals surface area contributed by atoms with Gasteiger partial charge in [0.05, 0.1) is 12.0 Å². The number of amides is 1. The largest absolute Gasteiger partial charge is 0.481 e. The monoisotopic (exact) mass is 423 g/mol. The number of Topliss-reactive ketones (excluding diaryl/α,β-unsaturated/α-hetero) is 1. The number of benzene rings is 2. The van der Waals surface area contributed by atoms with Crippen molar-refractivity contribution in [3.63, 3.8) is 0 Å². The highest BCUT2D eigenvalue weighted by molar-refractivity contribution is 5.91. The van der Waals surface area contributed by atoms with E-state index in [2.05, 4.69) is 5.32 Å². The van der Waals surface area contributed by atoms with Gasteiger partial charge < -0.3 is 10.4 Å². The lowest BCUT2D eigenvalue weighted by atomic mass is 9.89. The molecule has 0 heterocycles. The Balaban J connectivity index is 1.98. The summed E-state index contributed by atoms with van der Waals surface area (Å²) in [5.74, 6) is -2.01. The van der Waals surface area contributed by atoms with Crippen molar-refractivity contribution in [3.05, 3.63) is 71.3 Å². The molecule has 0 radical (unpaired) electrons. The number of nitrogens with one attached hydrogen (secondary N) is 1. The van der Waals surface area contributed by atoms with E-state index in [4.69, 9.17) is 0 Å². The number of carbonyl (C=O) groups excluding carboxylic acids is 2. The summed E-state index contributed by atoms with van der Waals surface area (Å²) >= 11 is 0. The zero-order valence-electron chi connectivity index (χ0n) is 18.6. The molecule has 1 amide bonds. The van der Waals surface area contributed by atoms with Crippen LogP contribution in [0.4, 0.5) is 0 Å². The van der Waals surface area contributed by atoms with E-state index in [1.807, 2.05) is 75.4 Å². The lowest BCUT2D eigenvalue weighted by Gasteiger charge is -2.21. The van der Waals surface area contributed by atoms with E-state index in [1.165, 1.54) is 5.56 Å². The Morgan fingerprint density at radius 2 is 1.58 bits per heavy atom. The predicted molar refractivity (Wildman–Crippen MR) is 122 cm³/mol. The fourth-order valence-corrected chi connectivity index (χ4v) is 3.55. The highest BCUT2D eigenvalue weighted by Crippen LogP contribution is 2.17. The van der Waals surface area contributed by atoms with Crippen LogP contribution in [0.15, 0.2) is 54.6 Å². The van der Waals surface area contributed by atoms with Crippen molar-refractivity contribution in [3.8, 4) is 0 Å². The zero-order chi connectivity index (χ0) is 22.8. The first-order chi connectivity index (χ1) is 14.7. The molecule has 2 N–H and O–H groups in total. The third-order valence-electron chi connectivity index (χ3n) is 5.31. The third kappa shape index (κ3) is 8.75. The molecule has 2 aromatic carbocycles. The second kappa shape index (κ2) is 12.0. The zero-order valence-corrected chi connectivity index (χ0v) is 18.6. The molecular formula is C26H33NO4. The summed E-state index contributed by atoms with van der Waals surface area (Å²) in [6, 6.07) is 16.7. The van der Waals surface area contributed by atoms with Gasteiger partial charge in [0.2, 0.25) is 5.91 Å². The van der Waals surface area contributed by atoms with Gasteiger partial charge in [-0.2, -0.15) is 0 Å². The van der Waals surface area contributed by atoms with Crippen LogP contribution >= 0.6 is 0 Å². The van der Waals surface area contributed by atoms with Gasteiger partial charge in [0.1, 0.15) is 0 Å². The fraction of sp³-hybridized carbons (Fsp3) is 0.423. The molecule has 0 aliphatic heterocycles. The highest BCUT2D eigenvalue weighted by atomic mass is 16.4. The number of rotatable bonds is 12. The summed E-state index contributed by atoms with van der Waals surface area (Å²) in [5.41, 5.74) is 3.12. The first-order valence-corrected chi connectivity index (χ1v) is 10.9. The van der Waals surface area contributed by atoms with Crippen molar-refractivity contribution < 1.29 is 19.5 Å². The highest BCUT2D eigenvalue weighted by Gasteiger charge is 2.28. The number of carboxylic acid groups (broad SMARTS) is 1. The van der Waals surface area contributed by atoms with Crippen LogP contribution in [0.5, 0.6) is 0 Å². The van der Waals surface area contributed by atoms with Crippen LogP contribution < -0.4 is 5.32 Å². The van der Waals surface area contributed by atoms with Crippen molar-refractivity contribution >= 4 is 17.7 Å². The smallest absolute Gasteiger partial charge is 0.307 e. The lowest BCUT2D eigenvalue weighted by molar-refractivity contribution is -0.144. The Labute approximate surface area is 184 Å². The molecule has 0 unspecified atom stereocenters. The number of carbonyl (C=O) groups is 3. The Hall–Kier alpha value is -2.95. The molecule has 0 bridgehead atoms.